The number of H-pyrrole nitrogens is 1. The zero-order valence-electron chi connectivity index (χ0n) is 22.9. The van der Waals surface area contributed by atoms with Crippen molar-refractivity contribution in [1.29, 1.82) is 0 Å². The Kier molecular flexibility index (Phi) is 9.97. The molecule has 12 nitrogen and oxygen atoms in total. The lowest BCUT2D eigenvalue weighted by atomic mass is 10.1. The van der Waals surface area contributed by atoms with Crippen molar-refractivity contribution in [2.24, 2.45) is 0 Å². The molecule has 2 aromatic heterocycles. The van der Waals surface area contributed by atoms with Gasteiger partial charge in [0.2, 0.25) is 5.91 Å². The van der Waals surface area contributed by atoms with E-state index in [1.54, 1.807) is 79.7 Å². The molecule has 0 spiro atoms. The Morgan fingerprint density at radius 3 is 2.09 bits per heavy atom. The van der Waals surface area contributed by atoms with Crippen molar-refractivity contribution in [3.05, 3.63) is 115 Å². The van der Waals surface area contributed by atoms with E-state index in [2.05, 4.69) is 20.7 Å². The van der Waals surface area contributed by atoms with E-state index in [4.69, 9.17) is 21.4 Å². The van der Waals surface area contributed by atoms with Crippen LogP contribution < -0.4 is 16.5 Å². The first-order valence-corrected chi connectivity index (χ1v) is 13.4. The zero-order valence-corrected chi connectivity index (χ0v) is 23.6. The Morgan fingerprint density at radius 1 is 0.860 bits per heavy atom. The summed E-state index contributed by atoms with van der Waals surface area (Å²) in [6.07, 6.45) is -0.286. The lowest BCUT2D eigenvalue weighted by molar-refractivity contribution is -0.142. The molecule has 13 heteroatoms. The molecule has 5 aromatic rings. The minimum absolute atomic E-state index is 0.0202. The van der Waals surface area contributed by atoms with E-state index >= 15 is 0 Å². The fourth-order valence-corrected chi connectivity index (χ4v) is 4.33. The van der Waals surface area contributed by atoms with Crippen LogP contribution in [0.2, 0.25) is 5.02 Å². The summed E-state index contributed by atoms with van der Waals surface area (Å²) in [4.78, 5) is 59.5. The first kappa shape index (κ1) is 30.6. The molecule has 3 N–H and O–H groups in total. The summed E-state index contributed by atoms with van der Waals surface area (Å²) in [5.41, 5.74) is 3.06. The van der Waals surface area contributed by atoms with Gasteiger partial charge in [0.05, 0.1) is 48.0 Å². The summed E-state index contributed by atoms with van der Waals surface area (Å²) in [6, 6.07) is 20.3. The number of amides is 1. The maximum atomic E-state index is 12.5. The Morgan fingerprint density at radius 2 is 1.47 bits per heavy atom. The first-order valence-electron chi connectivity index (χ1n) is 13.0. The summed E-state index contributed by atoms with van der Waals surface area (Å²) in [5.74, 6) is -1.89. The minimum atomic E-state index is -1.08. The maximum absolute atomic E-state index is 12.5. The van der Waals surface area contributed by atoms with E-state index < -0.39 is 17.4 Å². The standard InChI is InChI=1S/C18H14ClN3O4.C12H12N2O3/c19-12-7-5-11(6-8-12)9-16(23)21-22-18(26)14-4-2-1-3-13(14)15(20-22)10-17(24)25;1-2-17-11(15)7-10-8-5-3-4-6-9(8)12(16)14-13-10/h1-8H,9-10H2,(H,21,23)(H,24,25);3-6H,2,7H2,1H3,(H,14,16). The average Bonchev–Trinajstić information content (AvgIpc) is 2.98. The molecule has 0 bridgehead atoms. The van der Waals surface area contributed by atoms with Crippen molar-refractivity contribution < 1.29 is 24.2 Å². The summed E-state index contributed by atoms with van der Waals surface area (Å²) in [7, 11) is 0. The fraction of sp³-hybridized carbons (Fsp3) is 0.167. The zero-order chi connectivity index (χ0) is 30.9. The SMILES string of the molecule is CCOC(=O)Cc1n[nH]c(=O)c2ccccc12.O=C(O)Cc1nn(NC(=O)Cc2ccc(Cl)cc2)c(=O)c2ccccc12. The number of carbonyl (C=O) groups is 3. The maximum Gasteiger partial charge on any atom is 0.311 e. The number of nitrogens with zero attached hydrogens (tertiary/aromatic N) is 3. The van der Waals surface area contributed by atoms with E-state index in [0.29, 0.717) is 39.0 Å². The lowest BCUT2D eigenvalue weighted by Crippen LogP contribution is -2.37. The Bertz CT molecular complexity index is 1920. The largest absolute Gasteiger partial charge is 0.481 e. The van der Waals surface area contributed by atoms with Crippen LogP contribution in [-0.2, 0) is 38.4 Å². The van der Waals surface area contributed by atoms with E-state index in [1.807, 2.05) is 0 Å². The van der Waals surface area contributed by atoms with Gasteiger partial charge in [-0.1, -0.05) is 60.1 Å². The Labute approximate surface area is 248 Å². The molecular weight excluding hydrogens is 578 g/mol. The second-order valence-electron chi connectivity index (χ2n) is 9.14. The summed E-state index contributed by atoms with van der Waals surface area (Å²) < 4.78 is 4.85. The third kappa shape index (κ3) is 7.89. The van der Waals surface area contributed by atoms with Gasteiger partial charge >= 0.3 is 11.9 Å². The number of halogens is 1. The molecule has 0 fully saturated rings. The smallest absolute Gasteiger partial charge is 0.311 e. The number of esters is 1. The molecule has 0 radical (unpaired) electrons. The Hall–Kier alpha value is -5.36. The summed E-state index contributed by atoms with van der Waals surface area (Å²) >= 11 is 5.81. The number of aromatic amines is 1. The molecule has 0 saturated heterocycles. The van der Waals surface area contributed by atoms with E-state index in [0.717, 1.165) is 4.79 Å². The third-order valence-corrected chi connectivity index (χ3v) is 6.35. The number of hydrogen-bond donors (Lipinski definition) is 3. The topological polar surface area (TPSA) is 173 Å². The van der Waals surface area contributed by atoms with Crippen molar-refractivity contribution in [3.8, 4) is 0 Å². The van der Waals surface area contributed by atoms with Crippen molar-refractivity contribution >= 4 is 51.0 Å². The number of aromatic nitrogens is 4. The van der Waals surface area contributed by atoms with Crippen LogP contribution in [0.15, 0.2) is 82.4 Å². The van der Waals surface area contributed by atoms with E-state index in [9.17, 15) is 24.0 Å². The molecule has 1 amide bonds. The number of carboxylic acid groups (broad SMARTS) is 1. The number of carboxylic acids is 1. The van der Waals surface area contributed by atoms with Gasteiger partial charge < -0.3 is 9.84 Å². The number of fused-ring (bicyclic) bond motifs is 2. The molecule has 0 aliphatic carbocycles. The fourth-order valence-electron chi connectivity index (χ4n) is 4.21. The minimum Gasteiger partial charge on any atom is -0.481 e. The van der Waals surface area contributed by atoms with Gasteiger partial charge in [0, 0.05) is 15.8 Å². The van der Waals surface area contributed by atoms with Crippen LogP contribution in [0.4, 0.5) is 0 Å². The molecule has 0 aliphatic heterocycles. The number of carbonyl (C=O) groups excluding carboxylic acids is 2. The highest BCUT2D eigenvalue weighted by Crippen LogP contribution is 2.15. The third-order valence-electron chi connectivity index (χ3n) is 6.10. The van der Waals surface area contributed by atoms with Crippen LogP contribution >= 0.6 is 11.6 Å². The second kappa shape index (κ2) is 14.0. The van der Waals surface area contributed by atoms with Crippen LogP contribution in [0.3, 0.4) is 0 Å². The first-order chi connectivity index (χ1) is 20.7. The van der Waals surface area contributed by atoms with Gasteiger partial charge in [-0.2, -0.15) is 10.2 Å². The quantitative estimate of drug-likeness (QED) is 0.225. The number of rotatable bonds is 8. The van der Waals surface area contributed by atoms with E-state index in [1.165, 1.54) is 0 Å². The van der Waals surface area contributed by atoms with Gasteiger partial charge in [0.25, 0.3) is 11.1 Å². The number of ether oxygens (including phenoxy) is 1. The molecule has 2 heterocycles. The molecule has 0 aliphatic rings. The molecule has 220 valence electrons. The van der Waals surface area contributed by atoms with E-state index in [-0.39, 0.29) is 41.9 Å². The predicted octanol–water partition coefficient (Wildman–Crippen LogP) is 3.02. The van der Waals surface area contributed by atoms with Crippen molar-refractivity contribution in [1.82, 2.24) is 20.1 Å². The monoisotopic (exact) mass is 603 g/mol. The number of hydrogen-bond acceptors (Lipinski definition) is 8. The number of benzene rings is 3. The van der Waals surface area contributed by atoms with Crippen molar-refractivity contribution in [3.63, 3.8) is 0 Å². The van der Waals surface area contributed by atoms with Crippen LogP contribution in [0.25, 0.3) is 21.5 Å². The Balaban J connectivity index is 0.000000215. The van der Waals surface area contributed by atoms with Crippen molar-refractivity contribution in [2.45, 2.75) is 26.2 Å². The molecule has 0 unspecified atom stereocenters. The lowest BCUT2D eigenvalue weighted by Gasteiger charge is -2.11. The van der Waals surface area contributed by atoms with Crippen LogP contribution in [0.1, 0.15) is 23.9 Å². The molecule has 0 saturated carbocycles. The molecule has 43 heavy (non-hydrogen) atoms. The van der Waals surface area contributed by atoms with Crippen molar-refractivity contribution in [2.75, 3.05) is 12.0 Å². The van der Waals surface area contributed by atoms with Gasteiger partial charge in [-0.3, -0.25) is 24.0 Å². The van der Waals surface area contributed by atoms with Gasteiger partial charge in [0.1, 0.15) is 0 Å². The number of aliphatic carboxylic acids is 1. The molecule has 5 rings (SSSR count). The van der Waals surface area contributed by atoms with Gasteiger partial charge in [-0.25, -0.2) is 10.5 Å². The molecule has 0 atom stereocenters. The van der Waals surface area contributed by atoms with Gasteiger partial charge in [-0.15, -0.1) is 4.79 Å². The highest BCUT2D eigenvalue weighted by atomic mass is 35.5. The second-order valence-corrected chi connectivity index (χ2v) is 9.58. The molecule has 3 aromatic carbocycles. The molecular formula is C30H26ClN5O7. The highest BCUT2D eigenvalue weighted by Gasteiger charge is 2.15. The summed E-state index contributed by atoms with van der Waals surface area (Å²) in [6.45, 7) is 2.08. The average molecular weight is 604 g/mol. The van der Waals surface area contributed by atoms with Gasteiger partial charge in [-0.05, 0) is 36.8 Å². The number of nitrogens with one attached hydrogen (secondary N) is 2. The van der Waals surface area contributed by atoms with Crippen LogP contribution in [0, 0.1) is 0 Å². The normalized spacial score (nSPS) is 10.6. The van der Waals surface area contributed by atoms with Crippen LogP contribution in [-0.4, -0.2) is 49.6 Å². The van der Waals surface area contributed by atoms with Gasteiger partial charge in [0.15, 0.2) is 0 Å². The van der Waals surface area contributed by atoms with Crippen LogP contribution in [0.5, 0.6) is 0 Å². The highest BCUT2D eigenvalue weighted by molar-refractivity contribution is 6.30. The summed E-state index contributed by atoms with van der Waals surface area (Å²) in [5, 5.41) is 21.8. The predicted molar refractivity (Wildman–Crippen MR) is 160 cm³/mol.